The van der Waals surface area contributed by atoms with E-state index in [9.17, 15) is 9.18 Å². The topological polar surface area (TPSA) is 41.9 Å². The maximum absolute atomic E-state index is 14.3. The van der Waals surface area contributed by atoms with Crippen molar-refractivity contribution in [3.8, 4) is 0 Å². The first-order valence-electron chi connectivity index (χ1n) is 8.59. The number of hydrogen-bond donors (Lipinski definition) is 0. The first kappa shape index (κ1) is 18.5. The lowest BCUT2D eigenvalue weighted by molar-refractivity contribution is -0.118. The first-order valence-corrected chi connectivity index (χ1v) is 8.97. The number of carbonyl (C=O) groups is 1. The SMILES string of the molecule is CCCCOCN1C(=O)CN=C(c2ccccc2F)c2cc(Cl)ccc21. The van der Waals surface area contributed by atoms with Crippen molar-refractivity contribution in [1.29, 1.82) is 0 Å². The number of halogens is 2. The fraction of sp³-hybridized carbons (Fsp3) is 0.300. The molecular formula is C20H20ClFN2O2. The summed E-state index contributed by atoms with van der Waals surface area (Å²) in [6.07, 6.45) is 1.94. The maximum atomic E-state index is 14.3. The standard InChI is InChI=1S/C20H20ClFN2O2/c1-2-3-10-26-13-24-18-9-8-14(21)11-16(18)20(23-12-19(24)25)15-6-4-5-7-17(15)22/h4-9,11H,2-3,10,12-13H2,1H3. The molecule has 0 fully saturated rings. The summed E-state index contributed by atoms with van der Waals surface area (Å²) in [6, 6.07) is 11.5. The van der Waals surface area contributed by atoms with Crippen LogP contribution < -0.4 is 4.90 Å². The third kappa shape index (κ3) is 3.94. The van der Waals surface area contributed by atoms with Gasteiger partial charge in [-0.2, -0.15) is 0 Å². The van der Waals surface area contributed by atoms with Crippen molar-refractivity contribution in [1.82, 2.24) is 0 Å². The van der Waals surface area contributed by atoms with Gasteiger partial charge in [0, 0.05) is 22.8 Å². The van der Waals surface area contributed by atoms with Gasteiger partial charge in [-0.05, 0) is 36.8 Å². The summed E-state index contributed by atoms with van der Waals surface area (Å²) in [5.74, 6) is -0.589. The lowest BCUT2D eigenvalue weighted by Crippen LogP contribution is -2.34. The molecule has 26 heavy (non-hydrogen) atoms. The molecule has 0 aliphatic carbocycles. The minimum Gasteiger partial charge on any atom is -0.361 e. The van der Waals surface area contributed by atoms with Crippen LogP contribution in [0.4, 0.5) is 10.1 Å². The van der Waals surface area contributed by atoms with E-state index in [0.29, 0.717) is 34.2 Å². The zero-order valence-electron chi connectivity index (χ0n) is 14.5. The van der Waals surface area contributed by atoms with Crippen molar-refractivity contribution in [2.75, 3.05) is 24.8 Å². The molecule has 1 aliphatic rings. The molecule has 2 aromatic carbocycles. The monoisotopic (exact) mass is 374 g/mol. The van der Waals surface area contributed by atoms with Crippen LogP contribution in [0.15, 0.2) is 47.5 Å². The molecule has 0 bridgehead atoms. The molecular weight excluding hydrogens is 355 g/mol. The smallest absolute Gasteiger partial charge is 0.250 e. The largest absolute Gasteiger partial charge is 0.361 e. The number of benzene rings is 2. The van der Waals surface area contributed by atoms with Crippen molar-refractivity contribution in [2.45, 2.75) is 19.8 Å². The molecule has 6 heteroatoms. The summed E-state index contributed by atoms with van der Waals surface area (Å²) >= 11 is 6.17. The van der Waals surface area contributed by atoms with Gasteiger partial charge < -0.3 is 4.74 Å². The third-order valence-electron chi connectivity index (χ3n) is 4.17. The number of benzodiazepines with no additional fused rings is 1. The fourth-order valence-corrected chi connectivity index (χ4v) is 2.98. The summed E-state index contributed by atoms with van der Waals surface area (Å²) in [7, 11) is 0. The lowest BCUT2D eigenvalue weighted by Gasteiger charge is -2.23. The second-order valence-corrected chi connectivity index (χ2v) is 6.46. The molecule has 3 rings (SSSR count). The van der Waals surface area contributed by atoms with Gasteiger partial charge in [0.05, 0.1) is 11.4 Å². The Hall–Kier alpha value is -2.24. The Kier molecular flexibility index (Phi) is 6.01. The van der Waals surface area contributed by atoms with Gasteiger partial charge in [0.25, 0.3) is 5.91 Å². The van der Waals surface area contributed by atoms with Crippen molar-refractivity contribution in [3.63, 3.8) is 0 Å². The molecule has 0 spiro atoms. The quantitative estimate of drug-likeness (QED) is 0.701. The number of fused-ring (bicyclic) bond motifs is 1. The van der Waals surface area contributed by atoms with Crippen LogP contribution in [0.3, 0.4) is 0 Å². The van der Waals surface area contributed by atoms with Crippen LogP contribution in [0.2, 0.25) is 5.02 Å². The number of aliphatic imine (C=N–C) groups is 1. The van der Waals surface area contributed by atoms with Crippen LogP contribution in [0.5, 0.6) is 0 Å². The lowest BCUT2D eigenvalue weighted by atomic mass is 10.00. The predicted octanol–water partition coefficient (Wildman–Crippen LogP) is 4.44. The second kappa shape index (κ2) is 8.43. The summed E-state index contributed by atoms with van der Waals surface area (Å²) in [4.78, 5) is 18.5. The Labute approximate surface area is 157 Å². The van der Waals surface area contributed by atoms with Crippen LogP contribution in [-0.4, -0.2) is 31.5 Å². The van der Waals surface area contributed by atoms with E-state index >= 15 is 0 Å². The molecule has 0 aromatic heterocycles. The van der Waals surface area contributed by atoms with Crippen molar-refractivity contribution >= 4 is 28.9 Å². The van der Waals surface area contributed by atoms with Gasteiger partial charge in [0.15, 0.2) is 0 Å². The molecule has 1 amide bonds. The van der Waals surface area contributed by atoms with E-state index in [-0.39, 0.29) is 19.2 Å². The number of amides is 1. The highest BCUT2D eigenvalue weighted by Crippen LogP contribution is 2.30. The van der Waals surface area contributed by atoms with Crippen LogP contribution in [0, 0.1) is 5.82 Å². The minimum atomic E-state index is -0.391. The number of unbranched alkanes of at least 4 members (excludes halogenated alkanes) is 1. The molecule has 0 unspecified atom stereocenters. The number of hydrogen-bond acceptors (Lipinski definition) is 3. The van der Waals surface area contributed by atoms with E-state index in [2.05, 4.69) is 11.9 Å². The highest BCUT2D eigenvalue weighted by Gasteiger charge is 2.26. The summed E-state index contributed by atoms with van der Waals surface area (Å²) in [5.41, 5.74) is 2.01. The number of nitrogens with zero attached hydrogens (tertiary/aromatic N) is 2. The molecule has 2 aromatic rings. The van der Waals surface area contributed by atoms with Gasteiger partial charge in [-0.1, -0.05) is 37.1 Å². The van der Waals surface area contributed by atoms with E-state index in [4.69, 9.17) is 16.3 Å². The number of ether oxygens (including phenoxy) is 1. The molecule has 1 heterocycles. The highest BCUT2D eigenvalue weighted by molar-refractivity contribution is 6.32. The minimum absolute atomic E-state index is 0.0763. The van der Waals surface area contributed by atoms with E-state index < -0.39 is 5.82 Å². The molecule has 0 N–H and O–H groups in total. The van der Waals surface area contributed by atoms with Gasteiger partial charge in [-0.3, -0.25) is 14.7 Å². The summed E-state index contributed by atoms with van der Waals surface area (Å²) in [6.45, 7) is 2.71. The normalized spacial score (nSPS) is 14.0. The Balaban J connectivity index is 2.02. The van der Waals surface area contributed by atoms with Crippen molar-refractivity contribution in [3.05, 3.63) is 64.4 Å². The predicted molar refractivity (Wildman–Crippen MR) is 102 cm³/mol. The van der Waals surface area contributed by atoms with E-state index in [1.807, 2.05) is 0 Å². The Morgan fingerprint density at radius 2 is 2.04 bits per heavy atom. The maximum Gasteiger partial charge on any atom is 0.250 e. The molecule has 0 atom stereocenters. The highest BCUT2D eigenvalue weighted by atomic mass is 35.5. The first-order chi connectivity index (χ1) is 12.6. The molecule has 136 valence electrons. The number of carbonyl (C=O) groups excluding carboxylic acids is 1. The van der Waals surface area contributed by atoms with E-state index in [1.54, 1.807) is 41.3 Å². The molecule has 0 saturated carbocycles. The molecule has 4 nitrogen and oxygen atoms in total. The number of rotatable bonds is 6. The Morgan fingerprint density at radius 1 is 1.23 bits per heavy atom. The fourth-order valence-electron chi connectivity index (χ4n) is 2.81. The third-order valence-corrected chi connectivity index (χ3v) is 4.40. The zero-order chi connectivity index (χ0) is 18.5. The summed E-state index contributed by atoms with van der Waals surface area (Å²) in [5, 5.41) is 0.494. The Bertz CT molecular complexity index is 838. The van der Waals surface area contributed by atoms with E-state index in [0.717, 1.165) is 12.8 Å². The number of anilines is 1. The van der Waals surface area contributed by atoms with Gasteiger partial charge in [0.1, 0.15) is 19.1 Å². The van der Waals surface area contributed by atoms with Gasteiger partial charge >= 0.3 is 0 Å². The van der Waals surface area contributed by atoms with Crippen LogP contribution in [-0.2, 0) is 9.53 Å². The van der Waals surface area contributed by atoms with Crippen LogP contribution >= 0.6 is 11.6 Å². The molecule has 1 aliphatic heterocycles. The van der Waals surface area contributed by atoms with Crippen molar-refractivity contribution in [2.24, 2.45) is 4.99 Å². The molecule has 0 saturated heterocycles. The molecule has 0 radical (unpaired) electrons. The summed E-state index contributed by atoms with van der Waals surface area (Å²) < 4.78 is 20.0. The van der Waals surface area contributed by atoms with Gasteiger partial charge in [0.2, 0.25) is 0 Å². The van der Waals surface area contributed by atoms with E-state index in [1.165, 1.54) is 6.07 Å². The zero-order valence-corrected chi connectivity index (χ0v) is 15.3. The van der Waals surface area contributed by atoms with Crippen LogP contribution in [0.1, 0.15) is 30.9 Å². The van der Waals surface area contributed by atoms with Crippen LogP contribution in [0.25, 0.3) is 0 Å². The Morgan fingerprint density at radius 3 is 2.81 bits per heavy atom. The van der Waals surface area contributed by atoms with Gasteiger partial charge in [-0.15, -0.1) is 0 Å². The average molecular weight is 375 g/mol. The van der Waals surface area contributed by atoms with Crippen molar-refractivity contribution < 1.29 is 13.9 Å². The second-order valence-electron chi connectivity index (χ2n) is 6.02. The van der Waals surface area contributed by atoms with Gasteiger partial charge in [-0.25, -0.2) is 4.39 Å². The average Bonchev–Trinajstić information content (AvgIpc) is 2.76.